The molecule has 2 aromatic heterocycles. The predicted octanol–water partition coefficient (Wildman–Crippen LogP) is 4.70. The molecule has 0 bridgehead atoms. The van der Waals surface area contributed by atoms with Gasteiger partial charge in [-0.15, -0.1) is 0 Å². The van der Waals surface area contributed by atoms with Crippen molar-refractivity contribution in [1.82, 2.24) is 14.9 Å². The Balaban J connectivity index is 1.57. The minimum atomic E-state index is -0.475. The number of hydrogen-bond acceptors (Lipinski definition) is 4. The fourth-order valence-corrected chi connectivity index (χ4v) is 3.98. The number of anilines is 1. The molecule has 168 valence electrons. The minimum Gasteiger partial charge on any atom is -0.462 e. The molecule has 1 unspecified atom stereocenters. The van der Waals surface area contributed by atoms with Crippen molar-refractivity contribution in [1.29, 1.82) is 0 Å². The van der Waals surface area contributed by atoms with E-state index in [4.69, 9.17) is 4.74 Å². The summed E-state index contributed by atoms with van der Waals surface area (Å²) in [5, 5.41) is 6.87. The first kappa shape index (κ1) is 22.1. The van der Waals surface area contributed by atoms with E-state index in [-0.39, 0.29) is 12.5 Å². The van der Waals surface area contributed by atoms with Crippen molar-refractivity contribution in [2.45, 2.75) is 12.8 Å². The Labute approximate surface area is 192 Å². The third-order valence-electron chi connectivity index (χ3n) is 5.53. The second kappa shape index (κ2) is 9.99. The lowest BCUT2D eigenvalue weighted by molar-refractivity contribution is 0.0527. The maximum atomic E-state index is 12.8. The Kier molecular flexibility index (Phi) is 6.69. The summed E-state index contributed by atoms with van der Waals surface area (Å²) < 4.78 is 7.17. The van der Waals surface area contributed by atoms with Crippen LogP contribution >= 0.6 is 0 Å². The average Bonchev–Trinajstić information content (AvgIpc) is 3.17. The number of amides is 2. The molecule has 0 fully saturated rings. The quantitative estimate of drug-likeness (QED) is 0.406. The fourth-order valence-electron chi connectivity index (χ4n) is 3.98. The Bertz CT molecular complexity index is 1270. The van der Waals surface area contributed by atoms with Crippen LogP contribution in [0.3, 0.4) is 0 Å². The van der Waals surface area contributed by atoms with Gasteiger partial charge in [0.05, 0.1) is 17.9 Å². The first-order valence-corrected chi connectivity index (χ1v) is 10.8. The molecule has 2 aromatic carbocycles. The molecule has 2 N–H and O–H groups in total. The number of para-hydroxylation sites is 2. The molecule has 4 aromatic rings. The molecule has 2 heterocycles. The Morgan fingerprint density at radius 2 is 1.85 bits per heavy atom. The third kappa shape index (κ3) is 4.87. The van der Waals surface area contributed by atoms with Crippen LogP contribution in [-0.4, -0.2) is 34.7 Å². The maximum Gasteiger partial charge on any atom is 0.340 e. The second-order valence-electron chi connectivity index (χ2n) is 7.65. The number of nitrogens with one attached hydrogen (secondary N) is 2. The summed E-state index contributed by atoms with van der Waals surface area (Å²) in [4.78, 5) is 29.3. The van der Waals surface area contributed by atoms with Crippen LogP contribution in [0.2, 0.25) is 0 Å². The van der Waals surface area contributed by atoms with Gasteiger partial charge in [0.15, 0.2) is 0 Å². The van der Waals surface area contributed by atoms with Crippen molar-refractivity contribution in [3.05, 3.63) is 95.9 Å². The highest BCUT2D eigenvalue weighted by Gasteiger charge is 2.21. The summed E-state index contributed by atoms with van der Waals surface area (Å²) >= 11 is 0. The summed E-state index contributed by atoms with van der Waals surface area (Å²) in [6.07, 6.45) is 5.65. The fraction of sp³-hybridized carbons (Fsp3) is 0.192. The average molecular weight is 443 g/mol. The van der Waals surface area contributed by atoms with Gasteiger partial charge in [0.1, 0.15) is 0 Å². The van der Waals surface area contributed by atoms with Gasteiger partial charge in [0.2, 0.25) is 0 Å². The molecule has 0 saturated carbocycles. The van der Waals surface area contributed by atoms with Crippen molar-refractivity contribution in [3.63, 3.8) is 0 Å². The molecule has 2 amide bonds. The number of aryl methyl sites for hydroxylation is 1. The molecule has 0 aliphatic rings. The van der Waals surface area contributed by atoms with Gasteiger partial charge in [-0.2, -0.15) is 0 Å². The van der Waals surface area contributed by atoms with E-state index in [0.29, 0.717) is 17.8 Å². The zero-order chi connectivity index (χ0) is 23.2. The number of benzene rings is 2. The standard InChI is InChI=1S/C26H26N4O3/c1-3-33-25(31)20-11-4-6-12-23(20)29-26(32)28-16-21(18-9-8-14-27-15-18)22-17-30(2)24-13-7-5-10-19(22)24/h4-15,17,21H,3,16H2,1-2H3,(H2,28,29,32). The zero-order valence-corrected chi connectivity index (χ0v) is 18.6. The normalized spacial score (nSPS) is 11.7. The summed E-state index contributed by atoms with van der Waals surface area (Å²) in [6.45, 7) is 2.36. The Hall–Kier alpha value is -4.13. The molecule has 1 atom stereocenters. The summed E-state index contributed by atoms with van der Waals surface area (Å²) in [5.74, 6) is -0.576. The van der Waals surface area contributed by atoms with Crippen LogP contribution in [0.15, 0.2) is 79.3 Å². The molecule has 7 heteroatoms. The van der Waals surface area contributed by atoms with Crippen molar-refractivity contribution in [2.75, 3.05) is 18.5 Å². The highest BCUT2D eigenvalue weighted by molar-refractivity contribution is 6.00. The van der Waals surface area contributed by atoms with Crippen LogP contribution in [0, 0.1) is 0 Å². The van der Waals surface area contributed by atoms with Gasteiger partial charge in [0.25, 0.3) is 0 Å². The van der Waals surface area contributed by atoms with Gasteiger partial charge in [-0.1, -0.05) is 36.4 Å². The maximum absolute atomic E-state index is 12.8. The van der Waals surface area contributed by atoms with Crippen LogP contribution in [-0.2, 0) is 11.8 Å². The molecule has 4 rings (SSSR count). The first-order valence-electron chi connectivity index (χ1n) is 10.8. The lowest BCUT2D eigenvalue weighted by atomic mass is 9.92. The highest BCUT2D eigenvalue weighted by Crippen LogP contribution is 2.31. The number of carbonyl (C=O) groups is 2. The zero-order valence-electron chi connectivity index (χ0n) is 18.6. The molecule has 0 aliphatic heterocycles. The largest absolute Gasteiger partial charge is 0.462 e. The van der Waals surface area contributed by atoms with Crippen molar-refractivity contribution < 1.29 is 14.3 Å². The van der Waals surface area contributed by atoms with E-state index in [1.165, 1.54) is 0 Å². The number of hydrogen-bond donors (Lipinski definition) is 2. The number of carbonyl (C=O) groups excluding carboxylic acids is 2. The lowest BCUT2D eigenvalue weighted by Crippen LogP contribution is -2.33. The van der Waals surface area contributed by atoms with Crippen LogP contribution < -0.4 is 10.6 Å². The molecule has 0 spiro atoms. The van der Waals surface area contributed by atoms with E-state index in [9.17, 15) is 9.59 Å². The van der Waals surface area contributed by atoms with Gasteiger partial charge in [-0.3, -0.25) is 4.98 Å². The van der Waals surface area contributed by atoms with E-state index in [1.54, 1.807) is 37.4 Å². The monoisotopic (exact) mass is 442 g/mol. The SMILES string of the molecule is CCOC(=O)c1ccccc1NC(=O)NCC(c1cccnc1)c1cn(C)c2ccccc12. The summed E-state index contributed by atoms with van der Waals surface area (Å²) in [6, 6.07) is 18.5. The lowest BCUT2D eigenvalue weighted by Gasteiger charge is -2.18. The van der Waals surface area contributed by atoms with Gasteiger partial charge in [-0.05, 0) is 42.3 Å². The first-order chi connectivity index (χ1) is 16.1. The molecule has 0 aliphatic carbocycles. The van der Waals surface area contributed by atoms with E-state index in [0.717, 1.165) is 22.0 Å². The Morgan fingerprint density at radius 1 is 1.06 bits per heavy atom. The number of pyridine rings is 1. The predicted molar refractivity (Wildman–Crippen MR) is 128 cm³/mol. The molecule has 7 nitrogen and oxygen atoms in total. The molecule has 0 radical (unpaired) electrons. The van der Waals surface area contributed by atoms with Crippen LogP contribution in [0.1, 0.15) is 34.3 Å². The van der Waals surface area contributed by atoms with E-state index < -0.39 is 12.0 Å². The van der Waals surface area contributed by atoms with Crippen molar-refractivity contribution in [2.24, 2.45) is 7.05 Å². The van der Waals surface area contributed by atoms with Crippen LogP contribution in [0.25, 0.3) is 10.9 Å². The number of aromatic nitrogens is 2. The highest BCUT2D eigenvalue weighted by atomic mass is 16.5. The number of urea groups is 1. The summed E-state index contributed by atoms with van der Waals surface area (Å²) in [7, 11) is 2.01. The number of nitrogens with zero attached hydrogens (tertiary/aromatic N) is 2. The van der Waals surface area contributed by atoms with Gasteiger partial charge in [-0.25, -0.2) is 9.59 Å². The van der Waals surface area contributed by atoms with Crippen LogP contribution in [0.5, 0.6) is 0 Å². The number of esters is 1. The number of ether oxygens (including phenoxy) is 1. The summed E-state index contributed by atoms with van der Waals surface area (Å²) in [5.41, 5.74) is 3.94. The molecular weight excluding hydrogens is 416 g/mol. The van der Waals surface area contributed by atoms with E-state index in [1.807, 2.05) is 37.5 Å². The van der Waals surface area contributed by atoms with E-state index >= 15 is 0 Å². The van der Waals surface area contributed by atoms with Crippen molar-refractivity contribution >= 4 is 28.6 Å². The minimum absolute atomic E-state index is 0.101. The van der Waals surface area contributed by atoms with Gasteiger partial charge < -0.3 is 19.9 Å². The number of fused-ring (bicyclic) bond motifs is 1. The van der Waals surface area contributed by atoms with Gasteiger partial charge >= 0.3 is 12.0 Å². The van der Waals surface area contributed by atoms with Gasteiger partial charge in [0, 0.05) is 49.0 Å². The topological polar surface area (TPSA) is 85.2 Å². The third-order valence-corrected chi connectivity index (χ3v) is 5.53. The Morgan fingerprint density at radius 3 is 2.64 bits per heavy atom. The molecular formula is C26H26N4O3. The second-order valence-corrected chi connectivity index (χ2v) is 7.65. The van der Waals surface area contributed by atoms with E-state index in [2.05, 4.69) is 38.5 Å². The molecule has 33 heavy (non-hydrogen) atoms. The van der Waals surface area contributed by atoms with Crippen LogP contribution in [0.4, 0.5) is 10.5 Å². The molecule has 0 saturated heterocycles. The number of rotatable bonds is 7. The van der Waals surface area contributed by atoms with Crippen molar-refractivity contribution in [3.8, 4) is 0 Å². The smallest absolute Gasteiger partial charge is 0.340 e.